The molecular formula is C13H24Cl2N4OS. The van der Waals surface area contributed by atoms with Crippen LogP contribution in [0, 0.1) is 5.92 Å². The molecule has 3 N–H and O–H groups in total. The first-order valence-electron chi connectivity index (χ1n) is 6.86. The highest BCUT2D eigenvalue weighted by Gasteiger charge is 2.15. The molecule has 8 heteroatoms. The van der Waals surface area contributed by atoms with E-state index in [9.17, 15) is 4.79 Å². The number of halogens is 2. The number of nitrogens with one attached hydrogen (secondary N) is 1. The maximum atomic E-state index is 11.7. The van der Waals surface area contributed by atoms with Gasteiger partial charge < -0.3 is 11.1 Å². The number of hydrogen-bond donors (Lipinski definition) is 2. The zero-order valence-corrected chi connectivity index (χ0v) is 14.7. The molecule has 1 fully saturated rings. The maximum absolute atomic E-state index is 11.7. The molecule has 5 nitrogen and oxygen atoms in total. The van der Waals surface area contributed by atoms with Crippen LogP contribution in [0.4, 0.5) is 5.13 Å². The summed E-state index contributed by atoms with van der Waals surface area (Å²) in [5.41, 5.74) is 6.52. The second kappa shape index (κ2) is 10.3. The van der Waals surface area contributed by atoms with Crippen molar-refractivity contribution in [2.75, 3.05) is 25.0 Å². The number of carbonyl (C=O) groups excluding carboxylic acids is 1. The standard InChI is InChI=1S/C13H22N4OS.2ClH/c1-10(7-14)12(18)16-13-15-11(9-19-13)8-17-5-3-2-4-6-17;;/h9-10H,2-8,14H2,1H3,(H,15,16,18);2*1H. The highest BCUT2D eigenvalue weighted by atomic mass is 35.5. The normalized spacial score (nSPS) is 16.5. The van der Waals surface area contributed by atoms with Crippen molar-refractivity contribution in [2.24, 2.45) is 11.7 Å². The van der Waals surface area contributed by atoms with Crippen LogP contribution in [0.3, 0.4) is 0 Å². The van der Waals surface area contributed by atoms with Gasteiger partial charge in [-0.2, -0.15) is 0 Å². The smallest absolute Gasteiger partial charge is 0.230 e. The molecule has 1 aromatic rings. The van der Waals surface area contributed by atoms with Crippen molar-refractivity contribution in [1.29, 1.82) is 0 Å². The lowest BCUT2D eigenvalue weighted by Gasteiger charge is -2.25. The van der Waals surface area contributed by atoms with Gasteiger partial charge in [-0.25, -0.2) is 4.98 Å². The first kappa shape index (κ1) is 20.6. The first-order chi connectivity index (χ1) is 9.19. The largest absolute Gasteiger partial charge is 0.330 e. The van der Waals surface area contributed by atoms with E-state index in [-0.39, 0.29) is 36.6 Å². The Morgan fingerprint density at radius 1 is 1.43 bits per heavy atom. The summed E-state index contributed by atoms with van der Waals surface area (Å²) in [5.74, 6) is -0.226. The van der Waals surface area contributed by atoms with Crippen molar-refractivity contribution in [3.63, 3.8) is 0 Å². The Bertz CT molecular complexity index is 424. The Kier molecular flexibility index (Phi) is 10.1. The second-order valence-electron chi connectivity index (χ2n) is 5.11. The minimum Gasteiger partial charge on any atom is -0.330 e. The van der Waals surface area contributed by atoms with Crippen LogP contribution in [0.1, 0.15) is 31.9 Å². The van der Waals surface area contributed by atoms with Crippen LogP contribution >= 0.6 is 36.2 Å². The molecule has 1 amide bonds. The van der Waals surface area contributed by atoms with E-state index in [0.29, 0.717) is 11.7 Å². The van der Waals surface area contributed by atoms with Crippen LogP contribution in [0.5, 0.6) is 0 Å². The molecule has 1 aromatic heterocycles. The predicted molar refractivity (Wildman–Crippen MR) is 92.6 cm³/mol. The highest BCUT2D eigenvalue weighted by Crippen LogP contribution is 2.19. The van der Waals surface area contributed by atoms with Crippen LogP contribution in [-0.2, 0) is 11.3 Å². The molecule has 122 valence electrons. The molecule has 0 radical (unpaired) electrons. The number of piperidine rings is 1. The monoisotopic (exact) mass is 354 g/mol. The van der Waals surface area contributed by atoms with Gasteiger partial charge in [0.25, 0.3) is 0 Å². The Labute approximate surface area is 142 Å². The Morgan fingerprint density at radius 2 is 2.10 bits per heavy atom. The van der Waals surface area contributed by atoms with E-state index in [1.54, 1.807) is 0 Å². The molecule has 1 unspecified atom stereocenters. The molecule has 2 rings (SSSR count). The van der Waals surface area contributed by atoms with Gasteiger partial charge in [0.2, 0.25) is 5.91 Å². The van der Waals surface area contributed by atoms with E-state index >= 15 is 0 Å². The SMILES string of the molecule is CC(CN)C(=O)Nc1nc(CN2CCCCC2)cs1.Cl.Cl. The van der Waals surface area contributed by atoms with Crippen molar-refractivity contribution >= 4 is 47.2 Å². The summed E-state index contributed by atoms with van der Waals surface area (Å²) in [7, 11) is 0. The fraction of sp³-hybridized carbons (Fsp3) is 0.692. The number of thiazole rings is 1. The summed E-state index contributed by atoms with van der Waals surface area (Å²) in [6.45, 7) is 5.38. The van der Waals surface area contributed by atoms with Gasteiger partial charge in [0.05, 0.1) is 5.69 Å². The van der Waals surface area contributed by atoms with Gasteiger partial charge in [0, 0.05) is 24.4 Å². The summed E-state index contributed by atoms with van der Waals surface area (Å²) >= 11 is 1.48. The van der Waals surface area contributed by atoms with Gasteiger partial charge in [0.15, 0.2) is 5.13 Å². The molecule has 1 atom stereocenters. The van der Waals surface area contributed by atoms with Crippen LogP contribution < -0.4 is 11.1 Å². The van der Waals surface area contributed by atoms with Gasteiger partial charge in [-0.1, -0.05) is 13.3 Å². The van der Waals surface area contributed by atoms with Crippen molar-refractivity contribution < 1.29 is 4.79 Å². The number of carbonyl (C=O) groups is 1. The predicted octanol–water partition coefficient (Wildman–Crippen LogP) is 2.51. The highest BCUT2D eigenvalue weighted by molar-refractivity contribution is 7.13. The first-order valence-corrected chi connectivity index (χ1v) is 7.74. The van der Waals surface area contributed by atoms with E-state index in [4.69, 9.17) is 5.73 Å². The number of nitrogens with zero attached hydrogens (tertiary/aromatic N) is 2. The Balaban J connectivity index is 0.00000200. The van der Waals surface area contributed by atoms with Crippen molar-refractivity contribution in [1.82, 2.24) is 9.88 Å². The lowest BCUT2D eigenvalue weighted by Crippen LogP contribution is -2.29. The summed E-state index contributed by atoms with van der Waals surface area (Å²) < 4.78 is 0. The quantitative estimate of drug-likeness (QED) is 0.851. The number of anilines is 1. The van der Waals surface area contributed by atoms with E-state index in [2.05, 4.69) is 15.2 Å². The van der Waals surface area contributed by atoms with E-state index in [1.165, 1.54) is 30.6 Å². The van der Waals surface area contributed by atoms with Gasteiger partial charge in [-0.3, -0.25) is 9.69 Å². The average Bonchev–Trinajstić information content (AvgIpc) is 2.86. The minimum absolute atomic E-state index is 0. The lowest BCUT2D eigenvalue weighted by molar-refractivity contribution is -0.119. The van der Waals surface area contributed by atoms with Gasteiger partial charge >= 0.3 is 0 Å². The molecule has 0 spiro atoms. The van der Waals surface area contributed by atoms with Gasteiger partial charge in [-0.05, 0) is 25.9 Å². The van der Waals surface area contributed by atoms with Crippen molar-refractivity contribution in [3.8, 4) is 0 Å². The van der Waals surface area contributed by atoms with E-state index in [0.717, 1.165) is 25.3 Å². The van der Waals surface area contributed by atoms with Crippen LogP contribution in [0.2, 0.25) is 0 Å². The number of nitrogens with two attached hydrogens (primary N) is 1. The number of aromatic nitrogens is 1. The van der Waals surface area contributed by atoms with E-state index < -0.39 is 0 Å². The molecular weight excluding hydrogens is 331 g/mol. The molecule has 0 aromatic carbocycles. The Morgan fingerprint density at radius 3 is 2.71 bits per heavy atom. The molecule has 0 saturated carbocycles. The van der Waals surface area contributed by atoms with Crippen molar-refractivity contribution in [3.05, 3.63) is 11.1 Å². The summed E-state index contributed by atoms with van der Waals surface area (Å²) in [4.78, 5) is 18.6. The summed E-state index contributed by atoms with van der Waals surface area (Å²) in [6, 6.07) is 0. The third kappa shape index (κ3) is 6.48. The molecule has 1 aliphatic rings. The number of amides is 1. The molecule has 0 bridgehead atoms. The molecule has 2 heterocycles. The topological polar surface area (TPSA) is 71.2 Å². The fourth-order valence-corrected chi connectivity index (χ4v) is 2.82. The third-order valence-electron chi connectivity index (χ3n) is 3.42. The maximum Gasteiger partial charge on any atom is 0.230 e. The molecule has 1 saturated heterocycles. The zero-order chi connectivity index (χ0) is 13.7. The fourth-order valence-electron chi connectivity index (χ4n) is 2.12. The van der Waals surface area contributed by atoms with E-state index in [1.807, 2.05) is 12.3 Å². The van der Waals surface area contributed by atoms with Crippen LogP contribution in [-0.4, -0.2) is 35.4 Å². The zero-order valence-electron chi connectivity index (χ0n) is 12.2. The average molecular weight is 355 g/mol. The number of likely N-dealkylation sites (tertiary alicyclic amines) is 1. The number of rotatable bonds is 5. The molecule has 1 aliphatic heterocycles. The lowest BCUT2D eigenvalue weighted by atomic mass is 10.1. The molecule has 0 aliphatic carbocycles. The molecule has 21 heavy (non-hydrogen) atoms. The number of hydrogen-bond acceptors (Lipinski definition) is 5. The van der Waals surface area contributed by atoms with Crippen LogP contribution in [0.15, 0.2) is 5.38 Å². The van der Waals surface area contributed by atoms with Crippen molar-refractivity contribution in [2.45, 2.75) is 32.7 Å². The summed E-state index contributed by atoms with van der Waals surface area (Å²) in [6.07, 6.45) is 3.90. The summed E-state index contributed by atoms with van der Waals surface area (Å²) in [5, 5.41) is 5.52. The van der Waals surface area contributed by atoms with Gasteiger partial charge in [0.1, 0.15) is 0 Å². The second-order valence-corrected chi connectivity index (χ2v) is 5.96. The minimum atomic E-state index is -0.172. The van der Waals surface area contributed by atoms with Crippen LogP contribution in [0.25, 0.3) is 0 Å². The van der Waals surface area contributed by atoms with Gasteiger partial charge in [-0.15, -0.1) is 36.2 Å². The Hall–Kier alpha value is -0.400. The third-order valence-corrected chi connectivity index (χ3v) is 4.22.